The maximum absolute atomic E-state index is 12.7. The second kappa shape index (κ2) is 10.5. The van der Waals surface area contributed by atoms with Gasteiger partial charge in [0.15, 0.2) is 0 Å². The largest absolute Gasteiger partial charge is 0.462 e. The number of hydrogen-bond donors (Lipinski definition) is 1. The van der Waals surface area contributed by atoms with Gasteiger partial charge < -0.3 is 14.6 Å². The lowest BCUT2D eigenvalue weighted by Gasteiger charge is -2.10. The molecule has 0 fully saturated rings. The monoisotopic (exact) mass is 441 g/mol. The predicted octanol–water partition coefficient (Wildman–Crippen LogP) is 5.38. The average molecular weight is 442 g/mol. The summed E-state index contributed by atoms with van der Waals surface area (Å²) < 4.78 is 7.05. The highest BCUT2D eigenvalue weighted by Crippen LogP contribution is 2.24. The summed E-state index contributed by atoms with van der Waals surface area (Å²) in [5.74, 6) is -0.812. The molecular weight excluding hydrogens is 414 g/mol. The zero-order valence-corrected chi connectivity index (χ0v) is 19.3. The highest BCUT2D eigenvalue weighted by molar-refractivity contribution is 6.09. The number of benzene rings is 2. The molecule has 2 aromatic carbocycles. The van der Waals surface area contributed by atoms with Crippen molar-refractivity contribution in [2.75, 3.05) is 11.9 Å². The van der Waals surface area contributed by atoms with Crippen LogP contribution >= 0.6 is 0 Å². The van der Waals surface area contributed by atoms with Crippen LogP contribution in [0.3, 0.4) is 0 Å². The van der Waals surface area contributed by atoms with Crippen LogP contribution in [0.2, 0.25) is 0 Å². The van der Waals surface area contributed by atoms with Crippen molar-refractivity contribution in [1.82, 2.24) is 4.57 Å². The Balaban J connectivity index is 1.86. The van der Waals surface area contributed by atoms with Gasteiger partial charge >= 0.3 is 5.97 Å². The molecule has 168 valence electrons. The lowest BCUT2D eigenvalue weighted by atomic mass is 10.1. The number of nitriles is 1. The number of hydrogen-bond acceptors (Lipinski definition) is 4. The fraction of sp³-hybridized carbons (Fsp3) is 0.222. The Morgan fingerprint density at radius 1 is 1.06 bits per heavy atom. The molecule has 3 aromatic rings. The molecule has 0 saturated heterocycles. The number of aryl methyl sites for hydroxylation is 2. The molecule has 0 unspecified atom stereocenters. The summed E-state index contributed by atoms with van der Waals surface area (Å²) in [7, 11) is 0. The minimum atomic E-state index is -0.453. The van der Waals surface area contributed by atoms with Gasteiger partial charge in [-0.25, -0.2) is 4.79 Å². The molecule has 0 radical (unpaired) electrons. The van der Waals surface area contributed by atoms with Crippen molar-refractivity contribution in [3.63, 3.8) is 0 Å². The number of anilines is 1. The first-order valence-corrected chi connectivity index (χ1v) is 10.9. The van der Waals surface area contributed by atoms with Gasteiger partial charge in [-0.05, 0) is 86.9 Å². The highest BCUT2D eigenvalue weighted by Gasteiger charge is 2.15. The van der Waals surface area contributed by atoms with Crippen LogP contribution in [-0.4, -0.2) is 23.1 Å². The Labute approximate surface area is 194 Å². The Kier molecular flexibility index (Phi) is 7.47. The van der Waals surface area contributed by atoms with Crippen molar-refractivity contribution < 1.29 is 14.3 Å². The highest BCUT2D eigenvalue weighted by atomic mass is 16.5. The van der Waals surface area contributed by atoms with Crippen LogP contribution < -0.4 is 5.32 Å². The number of ether oxygens (including phenoxy) is 1. The Hall–Kier alpha value is -4.11. The Morgan fingerprint density at radius 2 is 1.73 bits per heavy atom. The first-order chi connectivity index (χ1) is 15.9. The minimum Gasteiger partial charge on any atom is -0.462 e. The van der Waals surface area contributed by atoms with Crippen LogP contribution in [0.1, 0.15) is 46.7 Å². The molecule has 6 heteroatoms. The molecule has 33 heavy (non-hydrogen) atoms. The van der Waals surface area contributed by atoms with Gasteiger partial charge in [-0.1, -0.05) is 19.1 Å². The van der Waals surface area contributed by atoms with Gasteiger partial charge in [0.1, 0.15) is 11.6 Å². The van der Waals surface area contributed by atoms with Crippen molar-refractivity contribution in [1.29, 1.82) is 5.26 Å². The van der Waals surface area contributed by atoms with Crippen LogP contribution in [0.4, 0.5) is 5.69 Å². The third-order valence-electron chi connectivity index (χ3n) is 5.39. The molecule has 1 aromatic heterocycles. The third kappa shape index (κ3) is 5.39. The van der Waals surface area contributed by atoms with E-state index < -0.39 is 5.91 Å². The number of nitrogens with zero attached hydrogens (tertiary/aromatic N) is 2. The van der Waals surface area contributed by atoms with Crippen LogP contribution in [0, 0.1) is 25.2 Å². The van der Waals surface area contributed by atoms with E-state index in [1.54, 1.807) is 25.1 Å². The fourth-order valence-electron chi connectivity index (χ4n) is 3.62. The quantitative estimate of drug-likeness (QED) is 0.303. The summed E-state index contributed by atoms with van der Waals surface area (Å²) in [6, 6.07) is 18.6. The number of esters is 1. The number of carbonyl (C=O) groups is 2. The normalized spacial score (nSPS) is 11.1. The van der Waals surface area contributed by atoms with Crippen LogP contribution in [0.5, 0.6) is 0 Å². The SMILES string of the molecule is CCOC(=O)c1ccc(-n2c(C)cc(/C=C(/C#N)C(=O)Nc3ccc(CC)cc3)c2C)cc1. The first-order valence-electron chi connectivity index (χ1n) is 10.9. The summed E-state index contributed by atoms with van der Waals surface area (Å²) in [5.41, 5.74) is 5.79. The molecule has 3 rings (SSSR count). The van der Waals surface area contributed by atoms with Crippen LogP contribution in [-0.2, 0) is 16.0 Å². The summed E-state index contributed by atoms with van der Waals surface area (Å²) in [6.07, 6.45) is 2.51. The second-order valence-corrected chi connectivity index (χ2v) is 7.60. The van der Waals surface area contributed by atoms with Gasteiger partial charge in [0.2, 0.25) is 0 Å². The lowest BCUT2D eigenvalue weighted by molar-refractivity contribution is -0.112. The van der Waals surface area contributed by atoms with Gasteiger partial charge in [0.25, 0.3) is 5.91 Å². The minimum absolute atomic E-state index is 0.0208. The topological polar surface area (TPSA) is 84.1 Å². The maximum Gasteiger partial charge on any atom is 0.338 e. The summed E-state index contributed by atoms with van der Waals surface area (Å²) >= 11 is 0. The molecular formula is C27H27N3O3. The van der Waals surface area contributed by atoms with E-state index in [0.29, 0.717) is 17.9 Å². The van der Waals surface area contributed by atoms with E-state index in [9.17, 15) is 14.9 Å². The molecule has 0 aliphatic rings. The molecule has 0 spiro atoms. The standard InChI is InChI=1S/C27H27N3O3/c1-5-20-7-11-24(12-8-20)29-26(31)23(17-28)16-22-15-18(3)30(19(22)4)25-13-9-21(10-14-25)27(32)33-6-2/h7-16H,5-6H2,1-4H3,(H,29,31)/b23-16-. The van der Waals surface area contributed by atoms with Crippen LogP contribution in [0.25, 0.3) is 11.8 Å². The van der Waals surface area contributed by atoms with E-state index in [1.807, 2.05) is 66.9 Å². The molecule has 0 atom stereocenters. The lowest BCUT2D eigenvalue weighted by Crippen LogP contribution is -2.13. The third-order valence-corrected chi connectivity index (χ3v) is 5.39. The maximum atomic E-state index is 12.7. The number of nitrogens with one attached hydrogen (secondary N) is 1. The van der Waals surface area contributed by atoms with Gasteiger partial charge in [-0.3, -0.25) is 4.79 Å². The van der Waals surface area contributed by atoms with Gasteiger partial charge in [0, 0.05) is 22.8 Å². The summed E-state index contributed by atoms with van der Waals surface area (Å²) in [6.45, 7) is 8.03. The molecule has 1 amide bonds. The van der Waals surface area contributed by atoms with Gasteiger partial charge in [-0.15, -0.1) is 0 Å². The Bertz CT molecular complexity index is 1230. The van der Waals surface area contributed by atoms with E-state index in [1.165, 1.54) is 5.56 Å². The van der Waals surface area contributed by atoms with Crippen molar-refractivity contribution in [3.8, 4) is 11.8 Å². The number of carbonyl (C=O) groups excluding carboxylic acids is 2. The molecule has 0 bridgehead atoms. The van der Waals surface area contributed by atoms with Crippen molar-refractivity contribution >= 4 is 23.6 Å². The van der Waals surface area contributed by atoms with E-state index >= 15 is 0 Å². The molecule has 0 aliphatic heterocycles. The summed E-state index contributed by atoms with van der Waals surface area (Å²) in [5, 5.41) is 12.4. The molecule has 0 aliphatic carbocycles. The van der Waals surface area contributed by atoms with Crippen LogP contribution in [0.15, 0.2) is 60.2 Å². The van der Waals surface area contributed by atoms with E-state index in [2.05, 4.69) is 12.2 Å². The Morgan fingerprint density at radius 3 is 2.30 bits per heavy atom. The van der Waals surface area contributed by atoms with Gasteiger partial charge in [0.05, 0.1) is 12.2 Å². The van der Waals surface area contributed by atoms with E-state index in [4.69, 9.17) is 4.74 Å². The summed E-state index contributed by atoms with van der Waals surface area (Å²) in [4.78, 5) is 24.6. The van der Waals surface area contributed by atoms with E-state index in [-0.39, 0.29) is 11.5 Å². The smallest absolute Gasteiger partial charge is 0.338 e. The van der Waals surface area contributed by atoms with E-state index in [0.717, 1.165) is 29.1 Å². The number of aromatic nitrogens is 1. The fourth-order valence-corrected chi connectivity index (χ4v) is 3.62. The predicted molar refractivity (Wildman–Crippen MR) is 129 cm³/mol. The van der Waals surface area contributed by atoms with Gasteiger partial charge in [-0.2, -0.15) is 5.26 Å². The molecule has 6 nitrogen and oxygen atoms in total. The molecule has 1 N–H and O–H groups in total. The molecule has 1 heterocycles. The number of rotatable bonds is 7. The molecule has 0 saturated carbocycles. The zero-order chi connectivity index (χ0) is 24.0. The van der Waals surface area contributed by atoms with Crippen molar-refractivity contribution in [2.45, 2.75) is 34.1 Å². The van der Waals surface area contributed by atoms with Crippen molar-refractivity contribution in [3.05, 3.63) is 88.2 Å². The first kappa shape index (κ1) is 23.6. The second-order valence-electron chi connectivity index (χ2n) is 7.60. The van der Waals surface area contributed by atoms with Crippen molar-refractivity contribution in [2.24, 2.45) is 0 Å². The zero-order valence-electron chi connectivity index (χ0n) is 19.3. The number of amides is 1. The average Bonchev–Trinajstić information content (AvgIpc) is 3.10.